The summed E-state index contributed by atoms with van der Waals surface area (Å²) in [6, 6.07) is 0. The summed E-state index contributed by atoms with van der Waals surface area (Å²) in [5, 5.41) is 0. The van der Waals surface area contributed by atoms with Crippen molar-refractivity contribution >= 4 is 5.91 Å². The lowest BCUT2D eigenvalue weighted by Gasteiger charge is -2.35. The van der Waals surface area contributed by atoms with Crippen LogP contribution < -0.4 is 0 Å². The van der Waals surface area contributed by atoms with Crippen LogP contribution in [0, 0.1) is 5.41 Å². The van der Waals surface area contributed by atoms with Crippen molar-refractivity contribution in [2.75, 3.05) is 33.2 Å². The maximum Gasteiger partial charge on any atom is 0.223 e. The first kappa shape index (κ1) is 15.6. The highest BCUT2D eigenvalue weighted by atomic mass is 16.2. The van der Waals surface area contributed by atoms with Crippen LogP contribution in [0.3, 0.4) is 0 Å². The van der Waals surface area contributed by atoms with Gasteiger partial charge >= 0.3 is 0 Å². The Bertz CT molecular complexity index is 398. The van der Waals surface area contributed by atoms with Gasteiger partial charge in [-0.25, -0.2) is 0 Å². The van der Waals surface area contributed by atoms with Gasteiger partial charge in [-0.1, -0.05) is 25.0 Å². The Labute approximate surface area is 124 Å². The maximum atomic E-state index is 11.7. The van der Waals surface area contributed by atoms with Gasteiger partial charge in [-0.15, -0.1) is 0 Å². The molecule has 0 saturated carbocycles. The minimum Gasteiger partial charge on any atom is -0.344 e. The van der Waals surface area contributed by atoms with Gasteiger partial charge in [-0.05, 0) is 38.0 Å². The molecule has 0 aromatic heterocycles. The Morgan fingerprint density at radius 3 is 2.60 bits per heavy atom. The van der Waals surface area contributed by atoms with E-state index in [1.54, 1.807) is 11.1 Å². The van der Waals surface area contributed by atoms with Crippen molar-refractivity contribution < 1.29 is 4.79 Å². The minimum atomic E-state index is 0.292. The molecule has 1 fully saturated rings. The molecule has 1 aliphatic carbocycles. The van der Waals surface area contributed by atoms with Crippen molar-refractivity contribution in [2.24, 2.45) is 5.41 Å². The summed E-state index contributed by atoms with van der Waals surface area (Å²) in [4.78, 5) is 16.0. The van der Waals surface area contributed by atoms with E-state index in [0.29, 0.717) is 17.7 Å². The molecule has 20 heavy (non-hydrogen) atoms. The lowest BCUT2D eigenvalue weighted by atomic mass is 9.71. The molecular formula is C17H30N2O. The van der Waals surface area contributed by atoms with E-state index in [2.05, 4.69) is 25.7 Å². The van der Waals surface area contributed by atoms with Crippen LogP contribution in [-0.4, -0.2) is 48.9 Å². The number of carbonyl (C=O) groups is 1. The number of hydrogen-bond donors (Lipinski definition) is 0. The smallest absolute Gasteiger partial charge is 0.223 e. The van der Waals surface area contributed by atoms with Crippen LogP contribution >= 0.6 is 0 Å². The molecule has 1 heterocycles. The third-order valence-electron chi connectivity index (χ3n) is 5.18. The van der Waals surface area contributed by atoms with Crippen LogP contribution in [-0.2, 0) is 4.79 Å². The first-order chi connectivity index (χ1) is 9.40. The topological polar surface area (TPSA) is 23.6 Å². The first-order valence-electron chi connectivity index (χ1n) is 8.05. The number of nitrogens with zero attached hydrogens (tertiary/aromatic N) is 2. The summed E-state index contributed by atoms with van der Waals surface area (Å²) in [7, 11) is 1.92. The molecule has 114 valence electrons. The SMILES string of the molecule is CC1=C(CCN2CCC(=O)N(C)CC2)C(C)(C)CCC1. The van der Waals surface area contributed by atoms with Gasteiger partial charge in [0, 0.05) is 39.6 Å². The van der Waals surface area contributed by atoms with Gasteiger partial charge in [0.25, 0.3) is 0 Å². The fraction of sp³-hybridized carbons (Fsp3) is 0.824. The molecule has 1 amide bonds. The predicted molar refractivity (Wildman–Crippen MR) is 83.6 cm³/mol. The summed E-state index contributed by atoms with van der Waals surface area (Å²) in [6.45, 7) is 11.0. The van der Waals surface area contributed by atoms with Crippen LogP contribution in [0.1, 0.15) is 52.9 Å². The highest BCUT2D eigenvalue weighted by Crippen LogP contribution is 2.41. The van der Waals surface area contributed by atoms with Crippen molar-refractivity contribution in [1.29, 1.82) is 0 Å². The maximum absolute atomic E-state index is 11.7. The standard InChI is InChI=1S/C17H30N2O/c1-14-6-5-9-17(2,3)15(14)7-10-19-11-8-16(20)18(4)12-13-19/h5-13H2,1-4H3. The molecule has 2 aliphatic rings. The second kappa shape index (κ2) is 6.30. The Kier molecular flexibility index (Phi) is 4.90. The van der Waals surface area contributed by atoms with E-state index in [1.807, 2.05) is 11.9 Å². The second-order valence-electron chi connectivity index (χ2n) is 7.15. The van der Waals surface area contributed by atoms with E-state index in [-0.39, 0.29) is 0 Å². The van der Waals surface area contributed by atoms with Gasteiger partial charge in [-0.3, -0.25) is 4.79 Å². The Hall–Kier alpha value is -0.830. The monoisotopic (exact) mass is 278 g/mol. The van der Waals surface area contributed by atoms with Crippen LogP contribution in [0.5, 0.6) is 0 Å². The zero-order valence-corrected chi connectivity index (χ0v) is 13.7. The van der Waals surface area contributed by atoms with Gasteiger partial charge in [-0.2, -0.15) is 0 Å². The molecule has 3 nitrogen and oxygen atoms in total. The van der Waals surface area contributed by atoms with Crippen LogP contribution in [0.4, 0.5) is 0 Å². The highest BCUT2D eigenvalue weighted by molar-refractivity contribution is 5.76. The molecule has 1 saturated heterocycles. The van der Waals surface area contributed by atoms with E-state index in [0.717, 1.165) is 26.2 Å². The van der Waals surface area contributed by atoms with Gasteiger partial charge in [0.2, 0.25) is 5.91 Å². The molecule has 0 radical (unpaired) electrons. The van der Waals surface area contributed by atoms with Crippen molar-refractivity contribution in [3.63, 3.8) is 0 Å². The van der Waals surface area contributed by atoms with Crippen molar-refractivity contribution in [2.45, 2.75) is 52.9 Å². The normalized spacial score (nSPS) is 25.0. The molecule has 1 aliphatic heterocycles. The average molecular weight is 278 g/mol. The Balaban J connectivity index is 1.93. The van der Waals surface area contributed by atoms with Gasteiger partial charge in [0.15, 0.2) is 0 Å². The van der Waals surface area contributed by atoms with Crippen LogP contribution in [0.2, 0.25) is 0 Å². The molecule has 0 unspecified atom stereocenters. The third-order valence-corrected chi connectivity index (χ3v) is 5.18. The van der Waals surface area contributed by atoms with E-state index >= 15 is 0 Å². The van der Waals surface area contributed by atoms with Crippen molar-refractivity contribution in [3.8, 4) is 0 Å². The summed E-state index contributed by atoms with van der Waals surface area (Å²) in [5.74, 6) is 0.292. The summed E-state index contributed by atoms with van der Waals surface area (Å²) >= 11 is 0. The molecule has 0 aromatic rings. The largest absolute Gasteiger partial charge is 0.344 e. The van der Waals surface area contributed by atoms with E-state index < -0.39 is 0 Å². The molecule has 3 heteroatoms. The van der Waals surface area contributed by atoms with E-state index in [1.165, 1.54) is 25.7 Å². The highest BCUT2D eigenvalue weighted by Gasteiger charge is 2.28. The number of rotatable bonds is 3. The zero-order valence-electron chi connectivity index (χ0n) is 13.7. The quantitative estimate of drug-likeness (QED) is 0.741. The second-order valence-corrected chi connectivity index (χ2v) is 7.15. The molecule has 0 spiro atoms. The van der Waals surface area contributed by atoms with Crippen LogP contribution in [0.15, 0.2) is 11.1 Å². The summed E-state index contributed by atoms with van der Waals surface area (Å²) in [5.41, 5.74) is 3.66. The molecular weight excluding hydrogens is 248 g/mol. The minimum absolute atomic E-state index is 0.292. The van der Waals surface area contributed by atoms with Crippen molar-refractivity contribution in [3.05, 3.63) is 11.1 Å². The predicted octanol–water partition coefficient (Wildman–Crippen LogP) is 3.07. The average Bonchev–Trinajstić information content (AvgIpc) is 2.53. The number of hydrogen-bond acceptors (Lipinski definition) is 2. The van der Waals surface area contributed by atoms with Gasteiger partial charge in [0.05, 0.1) is 0 Å². The van der Waals surface area contributed by atoms with Crippen LogP contribution in [0.25, 0.3) is 0 Å². The van der Waals surface area contributed by atoms with Crippen molar-refractivity contribution in [1.82, 2.24) is 9.80 Å². The number of carbonyl (C=O) groups excluding carboxylic acids is 1. The third kappa shape index (κ3) is 3.63. The molecule has 0 aromatic carbocycles. The zero-order chi connectivity index (χ0) is 14.8. The fourth-order valence-electron chi connectivity index (χ4n) is 3.69. The summed E-state index contributed by atoms with van der Waals surface area (Å²) in [6.07, 6.45) is 5.79. The molecule has 0 bridgehead atoms. The van der Waals surface area contributed by atoms with Gasteiger partial charge in [0.1, 0.15) is 0 Å². The molecule has 0 N–H and O–H groups in total. The molecule has 2 rings (SSSR count). The lowest BCUT2D eigenvalue weighted by Crippen LogP contribution is -2.32. The van der Waals surface area contributed by atoms with Gasteiger partial charge < -0.3 is 9.80 Å². The van der Waals surface area contributed by atoms with E-state index in [4.69, 9.17) is 0 Å². The fourth-order valence-corrected chi connectivity index (χ4v) is 3.69. The lowest BCUT2D eigenvalue weighted by molar-refractivity contribution is -0.129. The first-order valence-corrected chi connectivity index (χ1v) is 8.05. The van der Waals surface area contributed by atoms with E-state index in [9.17, 15) is 4.79 Å². The summed E-state index contributed by atoms with van der Waals surface area (Å²) < 4.78 is 0. The number of amides is 1. The Morgan fingerprint density at radius 2 is 1.90 bits per heavy atom. The molecule has 0 atom stereocenters. The Morgan fingerprint density at radius 1 is 1.15 bits per heavy atom. The number of likely N-dealkylation sites (N-methyl/N-ethyl adjacent to an activating group) is 1. The number of allylic oxidation sites excluding steroid dienone is 1.